The minimum absolute atomic E-state index is 0.405. The van der Waals surface area contributed by atoms with Crippen molar-refractivity contribution in [3.63, 3.8) is 0 Å². The Morgan fingerprint density at radius 3 is 2.14 bits per heavy atom. The third-order valence-electron chi connectivity index (χ3n) is 4.96. The van der Waals surface area contributed by atoms with Crippen molar-refractivity contribution in [1.29, 1.82) is 0 Å². The molecule has 9 heteroatoms. The first-order valence-electron chi connectivity index (χ1n) is 20.9. The van der Waals surface area contributed by atoms with Crippen molar-refractivity contribution in [2.24, 2.45) is 16.8 Å². The van der Waals surface area contributed by atoms with Crippen molar-refractivity contribution in [1.82, 2.24) is 0 Å². The van der Waals surface area contributed by atoms with Crippen LogP contribution in [-0.2, 0) is 29.0 Å². The van der Waals surface area contributed by atoms with Crippen LogP contribution in [0.1, 0.15) is 144 Å². The van der Waals surface area contributed by atoms with Gasteiger partial charge in [0.05, 0.1) is 34.9 Å². The highest BCUT2D eigenvalue weighted by Crippen LogP contribution is 2.35. The lowest BCUT2D eigenvalue weighted by Crippen LogP contribution is -2.43. The second kappa shape index (κ2) is 15.5. The molecule has 3 aliphatic carbocycles. The van der Waals surface area contributed by atoms with Crippen molar-refractivity contribution >= 4 is 27.9 Å². The average Bonchev–Trinajstić information content (AvgIpc) is 3.02. The minimum Gasteiger partial charge on any atom is -0.481 e. The van der Waals surface area contributed by atoms with Crippen LogP contribution in [0.2, 0.25) is 0 Å². The molecular weight excluding hydrogens is 482 g/mol. The minimum atomic E-state index is -3.94. The van der Waals surface area contributed by atoms with Crippen molar-refractivity contribution < 1.29 is 60.1 Å². The molecule has 0 spiro atoms. The third kappa shape index (κ3) is 11.1. The standard InChI is InChI=1S/C12H21NO3S.C8H14O2.C7H12O2/c1-11(2,3)17(15,16)9-12(13-10-14)7-5-4-6-8-12;1-10-8(9)7-5-3-2-4-6-7;8-7(9)6-4-2-1-3-5-6/h4-9H2,1-3H3;7H,2-6H2,1H3;6H,1-5H2,(H,8,9)/i4D2,5D2,7D2;2D2,3D2,5D2,7D;1D2,2D2,4D2,6D. The number of aliphatic carboxylic acids is 1. The predicted molar refractivity (Wildman–Crippen MR) is 140 cm³/mol. The summed E-state index contributed by atoms with van der Waals surface area (Å²) >= 11 is 0. The van der Waals surface area contributed by atoms with E-state index in [9.17, 15) is 22.8 Å². The maximum absolute atomic E-state index is 12.5. The molecule has 1 N–H and O–H groups in total. The lowest BCUT2D eigenvalue weighted by atomic mass is 9.84. The Balaban J connectivity index is 0.000000429. The van der Waals surface area contributed by atoms with Crippen molar-refractivity contribution in [2.75, 3.05) is 12.9 Å². The van der Waals surface area contributed by atoms with Gasteiger partial charge in [-0.25, -0.2) is 13.2 Å². The van der Waals surface area contributed by atoms with Gasteiger partial charge in [-0.3, -0.25) is 9.59 Å². The van der Waals surface area contributed by atoms with Gasteiger partial charge in [-0.1, -0.05) is 57.5 Å². The molecule has 3 saturated carbocycles. The molecule has 0 bridgehead atoms. The molecule has 208 valence electrons. The molecule has 0 saturated heterocycles. The molecule has 0 heterocycles. The number of isocyanates is 1. The van der Waals surface area contributed by atoms with Gasteiger partial charge in [0.2, 0.25) is 6.08 Å². The fraction of sp³-hybridized carbons (Fsp3) is 0.889. The molecule has 0 amide bonds. The second-order valence-electron chi connectivity index (χ2n) is 8.64. The molecule has 0 radical (unpaired) electrons. The smallest absolute Gasteiger partial charge is 0.308 e. The summed E-state index contributed by atoms with van der Waals surface area (Å²) in [7, 11) is -2.94. The van der Waals surface area contributed by atoms with E-state index in [1.54, 1.807) is 0 Å². The van der Waals surface area contributed by atoms with Crippen molar-refractivity contribution in [3.8, 4) is 0 Å². The maximum Gasteiger partial charge on any atom is 0.308 e. The number of hydrogen-bond donors (Lipinski definition) is 1. The quantitative estimate of drug-likeness (QED) is 0.267. The van der Waals surface area contributed by atoms with Crippen LogP contribution in [0.25, 0.3) is 0 Å². The molecule has 3 fully saturated rings. The van der Waals surface area contributed by atoms with E-state index in [2.05, 4.69) is 9.73 Å². The first kappa shape index (κ1) is 12.9. The van der Waals surface area contributed by atoms with E-state index in [0.29, 0.717) is 0 Å². The Morgan fingerprint density at radius 2 is 1.61 bits per heavy atom. The molecule has 3 atom stereocenters. The summed E-state index contributed by atoms with van der Waals surface area (Å²) < 4.78 is 181. The zero-order chi connectivity index (χ0) is 45.2. The highest BCUT2D eigenvalue weighted by molar-refractivity contribution is 7.92. The Morgan fingerprint density at radius 1 is 1.06 bits per heavy atom. The molecule has 3 aliphatic rings. The van der Waals surface area contributed by atoms with E-state index in [1.165, 1.54) is 20.8 Å². The van der Waals surface area contributed by atoms with Crippen molar-refractivity contribution in [3.05, 3.63) is 0 Å². The van der Waals surface area contributed by atoms with Gasteiger partial charge in [-0.15, -0.1) is 0 Å². The zero-order valence-corrected chi connectivity index (χ0v) is 21.5. The van der Waals surface area contributed by atoms with E-state index in [0.717, 1.165) is 13.2 Å². The summed E-state index contributed by atoms with van der Waals surface area (Å²) in [5, 5.41) is 8.82. The number of nitrogens with zero attached hydrogens (tertiary/aromatic N) is 1. The van der Waals surface area contributed by atoms with Crippen molar-refractivity contribution in [2.45, 2.75) is 127 Å². The first-order chi connectivity index (χ1) is 24.3. The lowest BCUT2D eigenvalue weighted by Gasteiger charge is -2.34. The van der Waals surface area contributed by atoms with E-state index in [1.807, 2.05) is 0 Å². The van der Waals surface area contributed by atoms with Gasteiger partial charge in [0.25, 0.3) is 0 Å². The number of methoxy groups -OCH3 is 1. The summed E-state index contributed by atoms with van der Waals surface area (Å²) in [6.45, 7) is 4.23. The molecule has 3 rings (SSSR count). The van der Waals surface area contributed by atoms with Gasteiger partial charge in [0.15, 0.2) is 9.84 Å². The lowest BCUT2D eigenvalue weighted by molar-refractivity contribution is -0.146. The number of carbonyl (C=O) groups excluding carboxylic acids is 2. The average molecular weight is 550 g/mol. The summed E-state index contributed by atoms with van der Waals surface area (Å²) in [6.07, 6.45) is -27.0. The normalized spacial score (nSPS) is 51.4. The van der Waals surface area contributed by atoms with E-state index >= 15 is 0 Å². The van der Waals surface area contributed by atoms with Crippen LogP contribution in [-0.4, -0.2) is 54.7 Å². The number of carbonyl (C=O) groups is 2. The third-order valence-corrected chi connectivity index (χ3v) is 7.69. The van der Waals surface area contributed by atoms with Crippen LogP contribution in [0.15, 0.2) is 4.99 Å². The monoisotopic (exact) mass is 549 g/mol. The predicted octanol–water partition coefficient (Wildman–Crippen LogP) is 5.63. The topological polar surface area (TPSA) is 127 Å². The summed E-state index contributed by atoms with van der Waals surface area (Å²) in [5.41, 5.74) is -2.21. The molecule has 8 nitrogen and oxygen atoms in total. The fourth-order valence-electron chi connectivity index (χ4n) is 2.70. The number of carboxylic acid groups (broad SMARTS) is 1. The molecule has 0 aromatic rings. The van der Waals surface area contributed by atoms with E-state index in [-0.39, 0.29) is 0 Å². The number of aliphatic imine (C=N–C) groups is 1. The van der Waals surface area contributed by atoms with Crippen LogP contribution in [0.3, 0.4) is 0 Å². The van der Waals surface area contributed by atoms with E-state index in [4.69, 9.17) is 32.5 Å². The molecule has 0 aromatic carbocycles. The number of hydrogen-bond acceptors (Lipinski definition) is 7. The molecule has 0 aromatic heterocycles. The molecule has 3 unspecified atom stereocenters. The molecule has 0 aliphatic heterocycles. The van der Waals surface area contributed by atoms with Gasteiger partial charge in [-0.05, 0) is 59.2 Å². The van der Waals surface area contributed by atoms with Gasteiger partial charge in [-0.2, -0.15) is 4.99 Å². The number of rotatable bonds is 5. The number of esters is 1. The van der Waals surface area contributed by atoms with Crippen LogP contribution >= 0.6 is 0 Å². The van der Waals surface area contributed by atoms with Gasteiger partial charge in [0.1, 0.15) is 0 Å². The first-order valence-corrected chi connectivity index (χ1v) is 12.6. The zero-order valence-electron chi connectivity index (χ0n) is 40.7. The largest absolute Gasteiger partial charge is 0.481 e. The number of carboxylic acids is 1. The SMILES string of the molecule is [2H]C1([2H])CCC(CS(=O)(=O)C(C)(C)C)(N=C=O)C([2H])([2H])C1([2H])[2H].[2H]C1([2H])CCC([2H])(C(=O)O)C([2H])([2H])C1([2H])[2H].[2H]C1([2H])CCC([2H])(C(=O)OC)C([2H])([2H])C1([2H])[2H]. The summed E-state index contributed by atoms with van der Waals surface area (Å²) in [5.74, 6) is -8.90. The fourth-order valence-corrected chi connectivity index (χ4v) is 4.04. The molecule has 36 heavy (non-hydrogen) atoms. The van der Waals surface area contributed by atoms with Crippen LogP contribution in [0.4, 0.5) is 0 Å². The maximum atomic E-state index is 12.5. The Hall–Kier alpha value is -1.73. The van der Waals surface area contributed by atoms with Gasteiger partial charge < -0.3 is 9.84 Å². The van der Waals surface area contributed by atoms with Crippen LogP contribution in [0.5, 0.6) is 0 Å². The summed E-state index contributed by atoms with van der Waals surface area (Å²) in [6, 6.07) is 0. The van der Waals surface area contributed by atoms with Crippen LogP contribution in [0, 0.1) is 11.8 Å². The number of ether oxygens (including phenoxy) is 1. The summed E-state index contributed by atoms with van der Waals surface area (Å²) in [4.78, 5) is 36.5. The van der Waals surface area contributed by atoms with Crippen LogP contribution < -0.4 is 0 Å². The Bertz CT molecular complexity index is 1680. The van der Waals surface area contributed by atoms with E-state index < -0.39 is 145 Å². The highest BCUT2D eigenvalue weighted by atomic mass is 32.2. The van der Waals surface area contributed by atoms with Gasteiger partial charge >= 0.3 is 11.9 Å². The van der Waals surface area contributed by atoms with Gasteiger partial charge in [0, 0.05) is 27.4 Å². The number of sulfone groups is 1. The second-order valence-corrected chi connectivity index (χ2v) is 11.4. The Labute approximate surface area is 245 Å². The molecular formula is C27H47NO7S. The Kier molecular flexibility index (Phi) is 5.55. The highest BCUT2D eigenvalue weighted by Gasteiger charge is 2.41.